The van der Waals surface area contributed by atoms with Crippen molar-refractivity contribution in [1.29, 1.82) is 0 Å². The molecule has 0 aliphatic rings. The number of rotatable bonds is 6. The van der Waals surface area contributed by atoms with Gasteiger partial charge < -0.3 is 15.8 Å². The van der Waals surface area contributed by atoms with Gasteiger partial charge >= 0.3 is 5.97 Å². The summed E-state index contributed by atoms with van der Waals surface area (Å²) in [5.41, 5.74) is 8.00. The second-order valence-electron chi connectivity index (χ2n) is 6.85. The molecule has 0 saturated heterocycles. The zero-order chi connectivity index (χ0) is 22.5. The van der Waals surface area contributed by atoms with E-state index in [1.54, 1.807) is 42.6 Å². The van der Waals surface area contributed by atoms with Crippen LogP contribution in [0.2, 0.25) is 0 Å². The average Bonchev–Trinajstić information content (AvgIpc) is 2.82. The minimum atomic E-state index is -0.653. The molecule has 0 saturated carbocycles. The third-order valence-corrected chi connectivity index (χ3v) is 4.65. The molecule has 2 heterocycles. The minimum absolute atomic E-state index is 0.287. The van der Waals surface area contributed by atoms with Crippen LogP contribution in [0.25, 0.3) is 22.3 Å². The first-order valence-corrected chi connectivity index (χ1v) is 9.69. The Hall–Kier alpha value is -4.59. The van der Waals surface area contributed by atoms with Gasteiger partial charge in [0, 0.05) is 22.8 Å². The fourth-order valence-corrected chi connectivity index (χ4v) is 3.11. The number of anilines is 1. The molecule has 0 bridgehead atoms. The van der Waals surface area contributed by atoms with Crippen LogP contribution in [0.5, 0.6) is 0 Å². The Labute approximate surface area is 183 Å². The van der Waals surface area contributed by atoms with E-state index in [1.807, 2.05) is 12.1 Å². The number of esters is 1. The Morgan fingerprint density at radius 2 is 1.66 bits per heavy atom. The molecule has 0 atom stereocenters. The Morgan fingerprint density at radius 3 is 2.38 bits per heavy atom. The highest BCUT2D eigenvalue weighted by Crippen LogP contribution is 2.24. The number of nitrogens with zero attached hydrogens (tertiary/aromatic N) is 2. The molecule has 2 aromatic heterocycles. The molecule has 2 aromatic carbocycles. The lowest BCUT2D eigenvalue weighted by Crippen LogP contribution is -2.21. The van der Waals surface area contributed by atoms with Crippen LogP contribution in [0.4, 0.5) is 5.69 Å². The Balaban J connectivity index is 1.51. The standard InChI is InChI=1S/C24H18N4O4/c25-23(30)15-8-10-16(11-9-15)27-22(29)14-32-24(31)18-13-21(20-7-3-4-12-26-20)28-19-6-2-1-5-17(18)19/h1-13H,14H2,(H2,25,30)(H,27,29). The zero-order valence-corrected chi connectivity index (χ0v) is 16.8. The van der Waals surface area contributed by atoms with E-state index in [4.69, 9.17) is 10.5 Å². The van der Waals surface area contributed by atoms with Gasteiger partial charge in [0.15, 0.2) is 6.61 Å². The predicted octanol–water partition coefficient (Wildman–Crippen LogP) is 3.19. The number of nitrogens with one attached hydrogen (secondary N) is 1. The van der Waals surface area contributed by atoms with Crippen molar-refractivity contribution in [1.82, 2.24) is 9.97 Å². The van der Waals surface area contributed by atoms with Crippen LogP contribution in [0, 0.1) is 0 Å². The topological polar surface area (TPSA) is 124 Å². The van der Waals surface area contributed by atoms with Crippen molar-refractivity contribution in [3.8, 4) is 11.4 Å². The van der Waals surface area contributed by atoms with Crippen molar-refractivity contribution in [2.75, 3.05) is 11.9 Å². The number of hydrogen-bond acceptors (Lipinski definition) is 6. The van der Waals surface area contributed by atoms with E-state index in [-0.39, 0.29) is 5.56 Å². The predicted molar refractivity (Wildman–Crippen MR) is 119 cm³/mol. The van der Waals surface area contributed by atoms with Gasteiger partial charge in [-0.25, -0.2) is 9.78 Å². The van der Waals surface area contributed by atoms with Gasteiger partial charge in [0.25, 0.3) is 5.91 Å². The number of amides is 2. The summed E-state index contributed by atoms with van der Waals surface area (Å²) in [4.78, 5) is 45.0. The first-order valence-electron chi connectivity index (χ1n) is 9.69. The summed E-state index contributed by atoms with van der Waals surface area (Å²) in [5, 5.41) is 3.21. The molecule has 4 rings (SSSR count). The molecular formula is C24H18N4O4. The van der Waals surface area contributed by atoms with Crippen molar-refractivity contribution in [2.24, 2.45) is 5.73 Å². The molecule has 0 spiro atoms. The number of hydrogen-bond donors (Lipinski definition) is 2. The maximum Gasteiger partial charge on any atom is 0.339 e. The number of primary amides is 1. The van der Waals surface area contributed by atoms with Crippen LogP contribution in [-0.2, 0) is 9.53 Å². The molecule has 4 aromatic rings. The van der Waals surface area contributed by atoms with Crippen molar-refractivity contribution in [3.63, 3.8) is 0 Å². The molecule has 0 radical (unpaired) electrons. The zero-order valence-electron chi connectivity index (χ0n) is 16.8. The van der Waals surface area contributed by atoms with Crippen molar-refractivity contribution < 1.29 is 19.1 Å². The van der Waals surface area contributed by atoms with Crippen molar-refractivity contribution in [2.45, 2.75) is 0 Å². The largest absolute Gasteiger partial charge is 0.452 e. The van der Waals surface area contributed by atoms with Crippen LogP contribution < -0.4 is 11.1 Å². The molecule has 0 aliphatic heterocycles. The number of pyridine rings is 2. The van der Waals surface area contributed by atoms with Crippen molar-refractivity contribution >= 4 is 34.4 Å². The summed E-state index contributed by atoms with van der Waals surface area (Å²) in [6, 6.07) is 20.3. The van der Waals surface area contributed by atoms with E-state index < -0.39 is 24.4 Å². The second-order valence-corrected chi connectivity index (χ2v) is 6.85. The number of para-hydroxylation sites is 1. The first kappa shape index (κ1) is 20.7. The Morgan fingerprint density at radius 1 is 0.906 bits per heavy atom. The Bertz CT molecular complexity index is 1300. The molecule has 8 heteroatoms. The fraction of sp³-hybridized carbons (Fsp3) is 0.0417. The smallest absolute Gasteiger partial charge is 0.339 e. The average molecular weight is 426 g/mol. The summed E-state index contributed by atoms with van der Waals surface area (Å²) in [5.74, 6) is -1.74. The van der Waals surface area contributed by atoms with Crippen LogP contribution in [0.15, 0.2) is 79.0 Å². The SMILES string of the molecule is NC(=O)c1ccc(NC(=O)COC(=O)c2cc(-c3ccccn3)nc3ccccc23)cc1. The lowest BCUT2D eigenvalue weighted by molar-refractivity contribution is -0.119. The quantitative estimate of drug-likeness (QED) is 0.456. The monoisotopic (exact) mass is 426 g/mol. The van der Waals surface area contributed by atoms with Crippen molar-refractivity contribution in [3.05, 3.63) is 90.1 Å². The Kier molecular flexibility index (Phi) is 5.85. The molecule has 158 valence electrons. The van der Waals surface area contributed by atoms with Gasteiger partial charge in [-0.05, 0) is 48.5 Å². The fourth-order valence-electron chi connectivity index (χ4n) is 3.11. The van der Waals surface area contributed by atoms with E-state index in [0.29, 0.717) is 33.5 Å². The van der Waals surface area contributed by atoms with Gasteiger partial charge in [0.2, 0.25) is 5.91 Å². The molecule has 0 fully saturated rings. The number of nitrogens with two attached hydrogens (primary N) is 1. The van der Waals surface area contributed by atoms with Crippen LogP contribution in [0.1, 0.15) is 20.7 Å². The number of aromatic nitrogens is 2. The highest BCUT2D eigenvalue weighted by atomic mass is 16.5. The summed E-state index contributed by atoms with van der Waals surface area (Å²) in [6.07, 6.45) is 1.64. The number of carbonyl (C=O) groups is 3. The minimum Gasteiger partial charge on any atom is -0.452 e. The molecule has 3 N–H and O–H groups in total. The van der Waals surface area contributed by atoms with Crippen LogP contribution in [-0.4, -0.2) is 34.4 Å². The van der Waals surface area contributed by atoms with E-state index in [2.05, 4.69) is 15.3 Å². The third kappa shape index (κ3) is 4.59. The van der Waals surface area contributed by atoms with Gasteiger partial charge in [-0.1, -0.05) is 24.3 Å². The summed E-state index contributed by atoms with van der Waals surface area (Å²) >= 11 is 0. The molecule has 8 nitrogen and oxygen atoms in total. The normalized spacial score (nSPS) is 10.5. The van der Waals surface area contributed by atoms with E-state index in [0.717, 1.165) is 0 Å². The van der Waals surface area contributed by atoms with E-state index >= 15 is 0 Å². The summed E-state index contributed by atoms with van der Waals surface area (Å²) in [6.45, 7) is -0.480. The lowest BCUT2D eigenvalue weighted by Gasteiger charge is -2.10. The number of fused-ring (bicyclic) bond motifs is 1. The molecule has 32 heavy (non-hydrogen) atoms. The number of benzene rings is 2. The van der Waals surface area contributed by atoms with Gasteiger partial charge in [-0.2, -0.15) is 0 Å². The second kappa shape index (κ2) is 9.05. The van der Waals surface area contributed by atoms with Gasteiger partial charge in [-0.15, -0.1) is 0 Å². The highest BCUT2D eigenvalue weighted by molar-refractivity contribution is 6.05. The van der Waals surface area contributed by atoms with Crippen LogP contribution in [0.3, 0.4) is 0 Å². The van der Waals surface area contributed by atoms with Gasteiger partial charge in [0.1, 0.15) is 0 Å². The maximum atomic E-state index is 12.8. The third-order valence-electron chi connectivity index (χ3n) is 4.65. The van der Waals surface area contributed by atoms with E-state index in [9.17, 15) is 14.4 Å². The summed E-state index contributed by atoms with van der Waals surface area (Å²) < 4.78 is 5.25. The number of ether oxygens (including phenoxy) is 1. The highest BCUT2D eigenvalue weighted by Gasteiger charge is 2.17. The first-order chi connectivity index (χ1) is 15.5. The number of carbonyl (C=O) groups excluding carboxylic acids is 3. The van der Waals surface area contributed by atoms with Gasteiger partial charge in [0.05, 0.1) is 22.5 Å². The maximum absolute atomic E-state index is 12.8. The summed E-state index contributed by atoms with van der Waals surface area (Å²) in [7, 11) is 0. The molecule has 2 amide bonds. The molecule has 0 unspecified atom stereocenters. The van der Waals surface area contributed by atoms with Gasteiger partial charge in [-0.3, -0.25) is 14.6 Å². The van der Waals surface area contributed by atoms with Crippen LogP contribution >= 0.6 is 0 Å². The molecular weight excluding hydrogens is 408 g/mol. The molecule has 0 aliphatic carbocycles. The lowest BCUT2D eigenvalue weighted by atomic mass is 10.1. The van der Waals surface area contributed by atoms with E-state index in [1.165, 1.54) is 24.3 Å².